The van der Waals surface area contributed by atoms with Crippen LogP contribution in [0.5, 0.6) is 5.75 Å². The smallest absolute Gasteiger partial charge is 0.469 e. The Kier molecular flexibility index (Phi) is 6.67. The van der Waals surface area contributed by atoms with E-state index in [0.717, 1.165) is 30.1 Å². The van der Waals surface area contributed by atoms with Crippen LogP contribution >= 0.6 is 8.58 Å². The molecular formula is C21H22F3O5PS. The van der Waals surface area contributed by atoms with Crippen LogP contribution in [0.25, 0.3) is 11.1 Å². The number of carbonyl (C=O) groups excluding carboxylic acids is 1. The monoisotopic (exact) mass is 474 g/mol. The van der Waals surface area contributed by atoms with E-state index in [2.05, 4.69) is 4.18 Å². The average molecular weight is 474 g/mol. The van der Waals surface area contributed by atoms with Gasteiger partial charge in [0.2, 0.25) is 0 Å². The summed E-state index contributed by atoms with van der Waals surface area (Å²) >= 11 is 0. The van der Waals surface area contributed by atoms with Gasteiger partial charge in [0.05, 0.1) is 13.5 Å². The molecule has 0 spiro atoms. The molecule has 2 aromatic carbocycles. The zero-order chi connectivity index (χ0) is 23.0. The minimum atomic E-state index is -5.89. The molecule has 0 saturated heterocycles. The Morgan fingerprint density at radius 1 is 1.16 bits per heavy atom. The Morgan fingerprint density at radius 2 is 1.87 bits per heavy atom. The molecule has 1 aliphatic rings. The zero-order valence-corrected chi connectivity index (χ0v) is 19.0. The second kappa shape index (κ2) is 8.79. The molecule has 168 valence electrons. The maximum atomic E-state index is 13.0. The van der Waals surface area contributed by atoms with Gasteiger partial charge in [-0.05, 0) is 72.0 Å². The van der Waals surface area contributed by atoms with E-state index in [9.17, 15) is 26.4 Å². The number of aryl methyl sites for hydroxylation is 1. The summed E-state index contributed by atoms with van der Waals surface area (Å²) in [4.78, 5) is 12.0. The van der Waals surface area contributed by atoms with E-state index in [1.165, 1.54) is 24.5 Å². The summed E-state index contributed by atoms with van der Waals surface area (Å²) in [5, 5.41) is 1.19. The number of esters is 1. The number of benzene rings is 2. The van der Waals surface area contributed by atoms with Gasteiger partial charge in [0.15, 0.2) is 5.75 Å². The van der Waals surface area contributed by atoms with Crippen molar-refractivity contribution in [1.82, 2.24) is 0 Å². The van der Waals surface area contributed by atoms with Gasteiger partial charge >= 0.3 is 21.6 Å². The molecule has 31 heavy (non-hydrogen) atoms. The van der Waals surface area contributed by atoms with Crippen LogP contribution in [0.15, 0.2) is 24.3 Å². The summed E-state index contributed by atoms with van der Waals surface area (Å²) in [6.07, 6.45) is 2.68. The second-order valence-corrected chi connectivity index (χ2v) is 10.2. The molecule has 0 radical (unpaired) electrons. The molecule has 5 nitrogen and oxygen atoms in total. The number of carbonyl (C=O) groups is 1. The minimum Gasteiger partial charge on any atom is -0.469 e. The first kappa shape index (κ1) is 23.5. The summed E-state index contributed by atoms with van der Waals surface area (Å²) < 4.78 is 71.9. The van der Waals surface area contributed by atoms with Gasteiger partial charge in [0.25, 0.3) is 0 Å². The van der Waals surface area contributed by atoms with Crippen molar-refractivity contribution in [3.05, 3.63) is 46.5 Å². The molecule has 0 amide bonds. The van der Waals surface area contributed by atoms with Gasteiger partial charge in [-0.2, -0.15) is 21.6 Å². The van der Waals surface area contributed by atoms with Gasteiger partial charge in [-0.15, -0.1) is 0 Å². The quantitative estimate of drug-likeness (QED) is 0.282. The number of alkyl halides is 3. The van der Waals surface area contributed by atoms with E-state index in [-0.39, 0.29) is 12.0 Å². The van der Waals surface area contributed by atoms with Crippen LogP contribution in [0.1, 0.15) is 28.7 Å². The lowest BCUT2D eigenvalue weighted by molar-refractivity contribution is -0.139. The minimum absolute atomic E-state index is 0.160. The molecule has 1 aliphatic heterocycles. The molecule has 0 fully saturated rings. The van der Waals surface area contributed by atoms with Crippen molar-refractivity contribution in [1.29, 1.82) is 0 Å². The molecule has 0 bridgehead atoms. The number of ether oxygens (including phenoxy) is 1. The van der Waals surface area contributed by atoms with Gasteiger partial charge in [-0.1, -0.05) is 26.8 Å². The lowest BCUT2D eigenvalue weighted by Crippen LogP contribution is -2.28. The lowest BCUT2D eigenvalue weighted by Gasteiger charge is -2.23. The van der Waals surface area contributed by atoms with Gasteiger partial charge in [0, 0.05) is 5.56 Å². The largest absolute Gasteiger partial charge is 0.534 e. The number of hydrogen-bond donors (Lipinski definition) is 0. The molecule has 2 aromatic rings. The van der Waals surface area contributed by atoms with Crippen molar-refractivity contribution in [3.63, 3.8) is 0 Å². The van der Waals surface area contributed by atoms with Gasteiger partial charge in [-0.25, -0.2) is 0 Å². The molecule has 0 saturated carbocycles. The maximum Gasteiger partial charge on any atom is 0.534 e. The van der Waals surface area contributed by atoms with Crippen LogP contribution in [0.3, 0.4) is 0 Å². The van der Waals surface area contributed by atoms with Crippen molar-refractivity contribution in [2.75, 3.05) is 13.3 Å². The fourth-order valence-electron chi connectivity index (χ4n) is 3.71. The summed E-state index contributed by atoms with van der Waals surface area (Å²) in [6, 6.07) is 6.30. The lowest BCUT2D eigenvalue weighted by atomic mass is 9.88. The average Bonchev–Trinajstić information content (AvgIpc) is 2.70. The highest BCUT2D eigenvalue weighted by Gasteiger charge is 2.49. The van der Waals surface area contributed by atoms with E-state index in [4.69, 9.17) is 4.74 Å². The number of methoxy groups -OCH3 is 1. The molecular weight excluding hydrogens is 452 g/mol. The number of rotatable bonds is 5. The predicted octanol–water partition coefficient (Wildman–Crippen LogP) is 4.16. The van der Waals surface area contributed by atoms with Gasteiger partial charge in [-0.3, -0.25) is 4.79 Å². The van der Waals surface area contributed by atoms with Crippen molar-refractivity contribution in [3.8, 4) is 16.9 Å². The van der Waals surface area contributed by atoms with Crippen molar-refractivity contribution in [2.45, 2.75) is 38.6 Å². The van der Waals surface area contributed by atoms with E-state index in [1.54, 1.807) is 13.0 Å². The third kappa shape index (κ3) is 4.72. The number of fused-ring (bicyclic) bond motifs is 1. The fourth-order valence-corrected chi connectivity index (χ4v) is 5.53. The first-order chi connectivity index (χ1) is 14.5. The fraction of sp³-hybridized carbons (Fsp3) is 0.381. The topological polar surface area (TPSA) is 69.7 Å². The Balaban J connectivity index is 2.28. The highest BCUT2D eigenvalue weighted by atomic mass is 32.2. The van der Waals surface area contributed by atoms with Gasteiger partial charge < -0.3 is 8.92 Å². The van der Waals surface area contributed by atoms with Crippen LogP contribution in [-0.4, -0.2) is 33.2 Å². The highest BCUT2D eigenvalue weighted by molar-refractivity contribution is 7.88. The van der Waals surface area contributed by atoms with E-state index < -0.39 is 27.3 Å². The van der Waals surface area contributed by atoms with E-state index in [0.29, 0.717) is 25.3 Å². The van der Waals surface area contributed by atoms with Crippen LogP contribution in [-0.2, 0) is 32.5 Å². The second-order valence-electron chi connectivity index (χ2n) is 7.26. The van der Waals surface area contributed by atoms with Crippen LogP contribution in [0.4, 0.5) is 13.2 Å². The standard InChI is InChI=1S/C21H22F3O5PS/c1-12-6-8-17(29-31(26,27)21(22,23)24)20(16(12)11-19(25)28-3)15-7-9-18-14(13(15)2)5-4-10-30-18/h6-9,30H,4-5,10-11H2,1-3H3. The summed E-state index contributed by atoms with van der Waals surface area (Å²) in [6.45, 7) is 3.55. The third-order valence-electron chi connectivity index (χ3n) is 5.33. The molecule has 0 aliphatic carbocycles. The molecule has 1 unspecified atom stereocenters. The zero-order valence-electron chi connectivity index (χ0n) is 17.2. The van der Waals surface area contributed by atoms with E-state index >= 15 is 0 Å². The van der Waals surface area contributed by atoms with Crippen LogP contribution < -0.4 is 9.49 Å². The molecule has 3 rings (SSSR count). The molecule has 0 N–H and O–H groups in total. The molecule has 0 aromatic heterocycles. The van der Waals surface area contributed by atoms with Gasteiger partial charge in [0.1, 0.15) is 0 Å². The summed E-state index contributed by atoms with van der Waals surface area (Å²) in [5.41, 5.74) is -1.95. The summed E-state index contributed by atoms with van der Waals surface area (Å²) in [7, 11) is -4.04. The molecule has 1 atom stereocenters. The van der Waals surface area contributed by atoms with Crippen LogP contribution in [0.2, 0.25) is 0 Å². The van der Waals surface area contributed by atoms with Crippen molar-refractivity contribution in [2.24, 2.45) is 0 Å². The van der Waals surface area contributed by atoms with Crippen molar-refractivity contribution < 1.29 is 35.3 Å². The Hall–Kier alpha value is -2.12. The third-order valence-corrected chi connectivity index (χ3v) is 7.75. The maximum absolute atomic E-state index is 13.0. The molecule has 1 heterocycles. The van der Waals surface area contributed by atoms with Crippen LogP contribution in [0, 0.1) is 13.8 Å². The normalized spacial score (nSPS) is 14.9. The highest BCUT2D eigenvalue weighted by Crippen LogP contribution is 2.41. The predicted molar refractivity (Wildman–Crippen MR) is 114 cm³/mol. The van der Waals surface area contributed by atoms with E-state index in [1.807, 2.05) is 13.0 Å². The van der Waals surface area contributed by atoms with Crippen molar-refractivity contribution >= 4 is 30.0 Å². The number of hydrogen-bond acceptors (Lipinski definition) is 5. The Labute approximate surface area is 180 Å². The SMILES string of the molecule is COC(=O)Cc1c(C)ccc(OS(=O)(=O)C(F)(F)F)c1-c1ccc2c(c1C)CCCP2. The first-order valence-electron chi connectivity index (χ1n) is 9.53. The number of halogens is 3. The first-order valence-corrected chi connectivity index (χ1v) is 12.1. The Bertz CT molecular complexity index is 1130. The summed E-state index contributed by atoms with van der Waals surface area (Å²) in [5.74, 6) is -1.07. The Morgan fingerprint density at radius 3 is 2.52 bits per heavy atom. The molecule has 10 heteroatoms.